The molecule has 0 radical (unpaired) electrons. The molecule has 0 bridgehead atoms. The van der Waals surface area contributed by atoms with E-state index in [1.807, 2.05) is 30.5 Å². The van der Waals surface area contributed by atoms with Gasteiger partial charge in [0, 0.05) is 17.6 Å². The lowest BCUT2D eigenvalue weighted by Gasteiger charge is -2.25. The summed E-state index contributed by atoms with van der Waals surface area (Å²) in [6.07, 6.45) is 5.29. The first kappa shape index (κ1) is 12.7. The number of rotatable bonds is 3. The largest absolute Gasteiger partial charge is 0.398 e. The maximum absolute atomic E-state index is 11.7. The molecule has 4 rings (SSSR count). The van der Waals surface area contributed by atoms with Crippen molar-refractivity contribution in [3.05, 3.63) is 53.3 Å². The molecule has 3 aromatic rings. The number of carbonyl (C=O) groups excluding carboxylic acids is 1. The van der Waals surface area contributed by atoms with Gasteiger partial charge >= 0.3 is 0 Å². The third-order valence-corrected chi connectivity index (χ3v) is 4.18. The van der Waals surface area contributed by atoms with Gasteiger partial charge in [-0.25, -0.2) is 4.52 Å². The van der Waals surface area contributed by atoms with Gasteiger partial charge in [0.2, 0.25) is 0 Å². The first-order valence-electron chi connectivity index (χ1n) is 7.08. The fraction of sp³-hybridized carbons (Fsp3) is 0.125. The van der Waals surface area contributed by atoms with Crippen LogP contribution in [0.3, 0.4) is 0 Å². The average molecular weight is 293 g/mol. The summed E-state index contributed by atoms with van der Waals surface area (Å²) >= 11 is 0. The van der Waals surface area contributed by atoms with E-state index in [0.717, 1.165) is 29.7 Å². The molecule has 1 amide bonds. The van der Waals surface area contributed by atoms with Crippen LogP contribution in [0.1, 0.15) is 21.5 Å². The zero-order valence-electron chi connectivity index (χ0n) is 11.8. The molecule has 5 N–H and O–H groups in total. The van der Waals surface area contributed by atoms with E-state index in [1.54, 1.807) is 4.52 Å². The smallest absolute Gasteiger partial charge is 0.252 e. The number of benzene rings is 1. The van der Waals surface area contributed by atoms with Crippen LogP contribution in [0.4, 0.5) is 17.1 Å². The normalized spacial score (nSPS) is 12.7. The molecule has 110 valence electrons. The third kappa shape index (κ3) is 1.74. The summed E-state index contributed by atoms with van der Waals surface area (Å²) in [5.74, 6) is -0.507. The van der Waals surface area contributed by atoms with Crippen molar-refractivity contribution in [2.75, 3.05) is 11.1 Å². The van der Waals surface area contributed by atoms with Crippen LogP contribution >= 0.6 is 0 Å². The molecule has 0 fully saturated rings. The second kappa shape index (κ2) is 4.49. The van der Waals surface area contributed by atoms with Crippen LogP contribution in [0.2, 0.25) is 0 Å². The zero-order chi connectivity index (χ0) is 15.3. The molecule has 6 nitrogen and oxygen atoms in total. The van der Waals surface area contributed by atoms with Crippen LogP contribution in [-0.2, 0) is 12.8 Å². The molecule has 0 saturated carbocycles. The highest BCUT2D eigenvalue weighted by Gasteiger charge is 2.21. The van der Waals surface area contributed by atoms with E-state index < -0.39 is 5.91 Å². The number of hydrogen-bond acceptors (Lipinski definition) is 4. The van der Waals surface area contributed by atoms with Crippen molar-refractivity contribution in [3.63, 3.8) is 0 Å². The van der Waals surface area contributed by atoms with Gasteiger partial charge in [0.25, 0.3) is 5.91 Å². The number of fused-ring (bicyclic) bond motifs is 2. The van der Waals surface area contributed by atoms with Crippen LogP contribution in [0, 0.1) is 0 Å². The summed E-state index contributed by atoms with van der Waals surface area (Å²) in [6.45, 7) is 0. The van der Waals surface area contributed by atoms with Gasteiger partial charge in [0.05, 0.1) is 23.0 Å². The molecule has 0 atom stereocenters. The molecule has 0 unspecified atom stereocenters. The number of nitrogens with zero attached hydrogens (tertiary/aromatic N) is 2. The van der Waals surface area contributed by atoms with Crippen LogP contribution in [0.15, 0.2) is 36.7 Å². The lowest BCUT2D eigenvalue weighted by Crippen LogP contribution is -2.17. The highest BCUT2D eigenvalue weighted by molar-refractivity contribution is 6.03. The monoisotopic (exact) mass is 293 g/mol. The fourth-order valence-electron chi connectivity index (χ4n) is 2.93. The SMILES string of the molecule is NC(=O)c1cnn2cccc2c1Nc1ccc(N)c2c1CC2. The molecule has 1 aliphatic carbocycles. The summed E-state index contributed by atoms with van der Waals surface area (Å²) in [7, 11) is 0. The second-order valence-electron chi connectivity index (χ2n) is 5.42. The molecule has 2 aromatic heterocycles. The Labute approximate surface area is 126 Å². The molecular formula is C16H15N5O. The van der Waals surface area contributed by atoms with Gasteiger partial charge in [0.15, 0.2) is 0 Å². The van der Waals surface area contributed by atoms with E-state index >= 15 is 0 Å². The quantitative estimate of drug-likeness (QED) is 0.642. The average Bonchev–Trinajstić information content (AvgIpc) is 2.90. The molecule has 2 heterocycles. The van der Waals surface area contributed by atoms with Crippen molar-refractivity contribution in [1.29, 1.82) is 0 Å². The Hall–Kier alpha value is -3.02. The van der Waals surface area contributed by atoms with Crippen molar-refractivity contribution >= 4 is 28.5 Å². The van der Waals surface area contributed by atoms with Crippen molar-refractivity contribution < 1.29 is 4.79 Å². The molecule has 0 aliphatic heterocycles. The molecule has 1 aliphatic rings. The van der Waals surface area contributed by atoms with Crippen LogP contribution in [0.5, 0.6) is 0 Å². The maximum Gasteiger partial charge on any atom is 0.252 e. The summed E-state index contributed by atoms with van der Waals surface area (Å²) < 4.78 is 1.71. The van der Waals surface area contributed by atoms with E-state index in [0.29, 0.717) is 11.3 Å². The molecule has 6 heteroatoms. The van der Waals surface area contributed by atoms with Gasteiger partial charge in [-0.3, -0.25) is 4.79 Å². The van der Waals surface area contributed by atoms with E-state index in [2.05, 4.69) is 10.4 Å². The Morgan fingerprint density at radius 2 is 2.05 bits per heavy atom. The van der Waals surface area contributed by atoms with Crippen molar-refractivity contribution in [3.8, 4) is 0 Å². The standard InChI is InChI=1S/C16H15N5O/c17-12-5-6-13(10-4-3-9(10)12)20-15-11(16(18)22)8-19-21-7-1-2-14(15)21/h1-2,5-8,20H,3-4,17H2,(H2,18,22). The highest BCUT2D eigenvalue weighted by Crippen LogP contribution is 2.37. The topological polar surface area (TPSA) is 98.4 Å². The van der Waals surface area contributed by atoms with Gasteiger partial charge in [-0.15, -0.1) is 0 Å². The van der Waals surface area contributed by atoms with E-state index in [9.17, 15) is 4.79 Å². The molecule has 1 aromatic carbocycles. The lowest BCUT2D eigenvalue weighted by atomic mass is 9.85. The molecule has 0 spiro atoms. The number of nitrogens with one attached hydrogen (secondary N) is 1. The minimum atomic E-state index is -0.507. The summed E-state index contributed by atoms with van der Waals surface area (Å²) in [6, 6.07) is 7.60. The highest BCUT2D eigenvalue weighted by atomic mass is 16.1. The number of carbonyl (C=O) groups is 1. The predicted molar refractivity (Wildman–Crippen MR) is 85.3 cm³/mol. The van der Waals surface area contributed by atoms with Crippen molar-refractivity contribution in [2.45, 2.75) is 12.8 Å². The van der Waals surface area contributed by atoms with E-state index in [4.69, 9.17) is 11.5 Å². The van der Waals surface area contributed by atoms with E-state index in [-0.39, 0.29) is 0 Å². The Bertz CT molecular complexity index is 912. The Kier molecular flexibility index (Phi) is 2.59. The molecular weight excluding hydrogens is 278 g/mol. The minimum Gasteiger partial charge on any atom is -0.398 e. The lowest BCUT2D eigenvalue weighted by molar-refractivity contribution is 0.100. The van der Waals surface area contributed by atoms with Gasteiger partial charge < -0.3 is 16.8 Å². The zero-order valence-corrected chi connectivity index (χ0v) is 11.8. The first-order chi connectivity index (χ1) is 10.6. The van der Waals surface area contributed by atoms with Crippen molar-refractivity contribution in [2.24, 2.45) is 5.73 Å². The van der Waals surface area contributed by atoms with Crippen LogP contribution in [-0.4, -0.2) is 15.5 Å². The summed E-state index contributed by atoms with van der Waals surface area (Å²) in [5, 5.41) is 7.54. The number of primary amides is 1. The number of nitrogen functional groups attached to an aromatic ring is 1. The van der Waals surface area contributed by atoms with Crippen LogP contribution in [0.25, 0.3) is 5.52 Å². The first-order valence-corrected chi connectivity index (χ1v) is 7.08. The Morgan fingerprint density at radius 3 is 2.77 bits per heavy atom. The maximum atomic E-state index is 11.7. The summed E-state index contributed by atoms with van der Waals surface area (Å²) in [5.41, 5.74) is 17.5. The van der Waals surface area contributed by atoms with Gasteiger partial charge in [-0.1, -0.05) is 0 Å². The third-order valence-electron chi connectivity index (χ3n) is 4.18. The summed E-state index contributed by atoms with van der Waals surface area (Å²) in [4.78, 5) is 11.7. The number of hydrogen-bond donors (Lipinski definition) is 3. The number of anilines is 3. The Morgan fingerprint density at radius 1 is 1.23 bits per heavy atom. The van der Waals surface area contributed by atoms with Crippen molar-refractivity contribution in [1.82, 2.24) is 9.61 Å². The minimum absolute atomic E-state index is 0.371. The van der Waals surface area contributed by atoms with E-state index in [1.165, 1.54) is 17.3 Å². The van der Waals surface area contributed by atoms with Gasteiger partial charge in [-0.05, 0) is 48.2 Å². The predicted octanol–water partition coefficient (Wildman–Crippen LogP) is 1.86. The van der Waals surface area contributed by atoms with Gasteiger partial charge in [-0.2, -0.15) is 5.10 Å². The van der Waals surface area contributed by atoms with Gasteiger partial charge in [0.1, 0.15) is 0 Å². The van der Waals surface area contributed by atoms with Crippen LogP contribution < -0.4 is 16.8 Å². The molecule has 0 saturated heterocycles. The fourth-order valence-corrected chi connectivity index (χ4v) is 2.93. The second-order valence-corrected chi connectivity index (χ2v) is 5.42. The Balaban J connectivity index is 1.88. The number of amides is 1. The number of aromatic nitrogens is 2. The number of nitrogens with two attached hydrogens (primary N) is 2. The molecule has 22 heavy (non-hydrogen) atoms.